The van der Waals surface area contributed by atoms with Crippen molar-refractivity contribution in [2.75, 3.05) is 18.8 Å². The van der Waals surface area contributed by atoms with Crippen LogP contribution in [-0.2, 0) is 19.3 Å². The first-order valence-electron chi connectivity index (χ1n) is 5.16. The highest BCUT2D eigenvalue weighted by Crippen LogP contribution is 2.16. The minimum absolute atomic E-state index is 0.676. The summed E-state index contributed by atoms with van der Waals surface area (Å²) in [6, 6.07) is 0. The molecule has 0 bridgehead atoms. The number of fused-ring (bicyclic) bond motifs is 1. The van der Waals surface area contributed by atoms with Crippen LogP contribution in [0.15, 0.2) is 0 Å². The Morgan fingerprint density at radius 1 is 1.29 bits per heavy atom. The fraction of sp³-hybridized carbons (Fsp3) is 0.600. The second-order valence-corrected chi connectivity index (χ2v) is 3.55. The van der Waals surface area contributed by atoms with E-state index in [4.69, 9.17) is 5.73 Å². The summed E-state index contributed by atoms with van der Waals surface area (Å²) in [4.78, 5) is 8.81. The molecule has 1 aromatic rings. The van der Waals surface area contributed by atoms with Crippen molar-refractivity contribution in [3.63, 3.8) is 0 Å². The molecule has 0 spiro atoms. The van der Waals surface area contributed by atoms with E-state index in [-0.39, 0.29) is 0 Å². The lowest BCUT2D eigenvalue weighted by atomic mass is 10.1. The molecule has 2 heterocycles. The molecule has 2 rings (SSSR count). The predicted molar refractivity (Wildman–Crippen MR) is 56.1 cm³/mol. The summed E-state index contributed by atoms with van der Waals surface area (Å²) >= 11 is 0. The Labute approximate surface area is 83.9 Å². The minimum atomic E-state index is 0.676. The van der Waals surface area contributed by atoms with Crippen molar-refractivity contribution in [1.82, 2.24) is 15.3 Å². The third-order valence-electron chi connectivity index (χ3n) is 2.58. The molecule has 0 atom stereocenters. The summed E-state index contributed by atoms with van der Waals surface area (Å²) in [6.07, 6.45) is 2.77. The fourth-order valence-corrected chi connectivity index (χ4v) is 1.79. The van der Waals surface area contributed by atoms with Crippen molar-refractivity contribution in [2.45, 2.75) is 26.2 Å². The molecule has 0 aromatic carbocycles. The molecule has 0 saturated carbocycles. The molecule has 4 heteroatoms. The van der Waals surface area contributed by atoms with Crippen LogP contribution in [0.25, 0.3) is 0 Å². The van der Waals surface area contributed by atoms with Crippen molar-refractivity contribution in [3.05, 3.63) is 17.1 Å². The highest BCUT2D eigenvalue weighted by atomic mass is 15.0. The Bertz CT molecular complexity index is 335. The van der Waals surface area contributed by atoms with Crippen LogP contribution in [0.5, 0.6) is 0 Å². The fourth-order valence-electron chi connectivity index (χ4n) is 1.79. The Kier molecular flexibility index (Phi) is 2.63. The predicted octanol–water partition coefficient (Wildman–Crippen LogP) is 0.309. The molecular formula is C10H16N4. The van der Waals surface area contributed by atoms with Crippen LogP contribution in [0.3, 0.4) is 0 Å². The SMILES string of the molecule is CCc1nc(N)c2c(n1)CCNCC2. The van der Waals surface area contributed by atoms with E-state index in [0.717, 1.165) is 49.4 Å². The van der Waals surface area contributed by atoms with Gasteiger partial charge >= 0.3 is 0 Å². The van der Waals surface area contributed by atoms with Gasteiger partial charge in [0, 0.05) is 24.9 Å². The summed E-state index contributed by atoms with van der Waals surface area (Å²) in [5.41, 5.74) is 8.19. The molecule has 76 valence electrons. The molecule has 1 aliphatic heterocycles. The molecule has 1 aliphatic rings. The van der Waals surface area contributed by atoms with E-state index in [1.165, 1.54) is 0 Å². The second-order valence-electron chi connectivity index (χ2n) is 3.55. The van der Waals surface area contributed by atoms with Gasteiger partial charge < -0.3 is 11.1 Å². The van der Waals surface area contributed by atoms with E-state index in [9.17, 15) is 0 Å². The summed E-state index contributed by atoms with van der Waals surface area (Å²) in [7, 11) is 0. The quantitative estimate of drug-likeness (QED) is 0.672. The molecule has 0 saturated heterocycles. The van der Waals surface area contributed by atoms with Crippen LogP contribution >= 0.6 is 0 Å². The number of nitrogens with two attached hydrogens (primary N) is 1. The van der Waals surface area contributed by atoms with E-state index < -0.39 is 0 Å². The van der Waals surface area contributed by atoms with Crippen molar-refractivity contribution in [2.24, 2.45) is 0 Å². The Balaban J connectivity index is 2.43. The van der Waals surface area contributed by atoms with E-state index in [0.29, 0.717) is 5.82 Å². The van der Waals surface area contributed by atoms with Crippen molar-refractivity contribution >= 4 is 5.82 Å². The maximum Gasteiger partial charge on any atom is 0.130 e. The largest absolute Gasteiger partial charge is 0.383 e. The van der Waals surface area contributed by atoms with Crippen LogP contribution in [0.1, 0.15) is 24.0 Å². The zero-order valence-corrected chi connectivity index (χ0v) is 8.51. The number of nitrogens with one attached hydrogen (secondary N) is 1. The first kappa shape index (κ1) is 9.40. The van der Waals surface area contributed by atoms with Gasteiger partial charge in [0.05, 0.1) is 5.69 Å². The third-order valence-corrected chi connectivity index (χ3v) is 2.58. The van der Waals surface area contributed by atoms with Crippen molar-refractivity contribution in [3.8, 4) is 0 Å². The molecule has 0 fully saturated rings. The van der Waals surface area contributed by atoms with Crippen LogP contribution < -0.4 is 11.1 Å². The summed E-state index contributed by atoms with van der Waals surface area (Å²) in [5.74, 6) is 1.54. The number of aryl methyl sites for hydroxylation is 1. The molecule has 14 heavy (non-hydrogen) atoms. The van der Waals surface area contributed by atoms with Gasteiger partial charge in [-0.25, -0.2) is 9.97 Å². The minimum Gasteiger partial charge on any atom is -0.383 e. The maximum absolute atomic E-state index is 5.91. The molecular weight excluding hydrogens is 176 g/mol. The number of hydrogen-bond donors (Lipinski definition) is 2. The van der Waals surface area contributed by atoms with Crippen LogP contribution in [0.4, 0.5) is 5.82 Å². The average molecular weight is 192 g/mol. The monoisotopic (exact) mass is 192 g/mol. The molecule has 1 aromatic heterocycles. The second kappa shape index (κ2) is 3.92. The maximum atomic E-state index is 5.91. The van der Waals surface area contributed by atoms with Crippen LogP contribution in [0, 0.1) is 0 Å². The van der Waals surface area contributed by atoms with Gasteiger partial charge in [0.2, 0.25) is 0 Å². The lowest BCUT2D eigenvalue weighted by Crippen LogP contribution is -2.16. The van der Waals surface area contributed by atoms with Gasteiger partial charge in [-0.15, -0.1) is 0 Å². The van der Waals surface area contributed by atoms with E-state index >= 15 is 0 Å². The van der Waals surface area contributed by atoms with Gasteiger partial charge in [-0.05, 0) is 13.0 Å². The van der Waals surface area contributed by atoms with E-state index in [1.54, 1.807) is 0 Å². The first-order valence-corrected chi connectivity index (χ1v) is 5.16. The molecule has 0 unspecified atom stereocenters. The highest BCUT2D eigenvalue weighted by molar-refractivity contribution is 5.43. The van der Waals surface area contributed by atoms with Gasteiger partial charge in [0.25, 0.3) is 0 Å². The topological polar surface area (TPSA) is 63.8 Å². The summed E-state index contributed by atoms with van der Waals surface area (Å²) in [6.45, 7) is 4.02. The van der Waals surface area contributed by atoms with Crippen molar-refractivity contribution in [1.29, 1.82) is 0 Å². The number of hydrogen-bond acceptors (Lipinski definition) is 4. The normalized spacial score (nSPS) is 16.1. The van der Waals surface area contributed by atoms with Crippen molar-refractivity contribution < 1.29 is 0 Å². The lowest BCUT2D eigenvalue weighted by Gasteiger charge is -2.08. The van der Waals surface area contributed by atoms with E-state index in [2.05, 4.69) is 22.2 Å². The molecule has 0 radical (unpaired) electrons. The Hall–Kier alpha value is -1.16. The molecule has 0 amide bonds. The smallest absolute Gasteiger partial charge is 0.130 e. The van der Waals surface area contributed by atoms with Crippen LogP contribution in [-0.4, -0.2) is 23.1 Å². The Morgan fingerprint density at radius 3 is 2.86 bits per heavy atom. The molecule has 3 N–H and O–H groups in total. The number of rotatable bonds is 1. The van der Waals surface area contributed by atoms with Gasteiger partial charge in [0.1, 0.15) is 11.6 Å². The summed E-state index contributed by atoms with van der Waals surface area (Å²) in [5, 5.41) is 3.34. The molecule has 0 aliphatic carbocycles. The number of nitrogen functional groups attached to an aromatic ring is 1. The number of nitrogens with zero attached hydrogens (tertiary/aromatic N) is 2. The standard InChI is InChI=1S/C10H16N4/c1-2-9-13-8-4-6-12-5-3-7(8)10(11)14-9/h12H,2-6H2,1H3,(H2,11,13,14). The number of aromatic nitrogens is 2. The zero-order valence-electron chi connectivity index (χ0n) is 8.51. The third kappa shape index (κ3) is 1.70. The number of anilines is 1. The van der Waals surface area contributed by atoms with Crippen LogP contribution in [0.2, 0.25) is 0 Å². The average Bonchev–Trinajstić information content (AvgIpc) is 2.42. The van der Waals surface area contributed by atoms with Gasteiger partial charge in [0.15, 0.2) is 0 Å². The highest BCUT2D eigenvalue weighted by Gasteiger charge is 2.13. The Morgan fingerprint density at radius 2 is 2.07 bits per heavy atom. The lowest BCUT2D eigenvalue weighted by molar-refractivity contribution is 0.708. The first-order chi connectivity index (χ1) is 6.81. The van der Waals surface area contributed by atoms with E-state index in [1.807, 2.05) is 0 Å². The van der Waals surface area contributed by atoms with Gasteiger partial charge in [-0.2, -0.15) is 0 Å². The zero-order chi connectivity index (χ0) is 9.97. The molecule has 4 nitrogen and oxygen atoms in total. The summed E-state index contributed by atoms with van der Waals surface area (Å²) < 4.78 is 0. The van der Waals surface area contributed by atoms with Gasteiger partial charge in [-0.1, -0.05) is 6.92 Å². The van der Waals surface area contributed by atoms with Gasteiger partial charge in [-0.3, -0.25) is 0 Å².